The Hall–Kier alpha value is -1.69. The van der Waals surface area contributed by atoms with Crippen molar-refractivity contribution < 1.29 is 0 Å². The highest BCUT2D eigenvalue weighted by Crippen LogP contribution is 2.16. The first-order valence-electron chi connectivity index (χ1n) is 5.45. The fraction of sp³-hybridized carbons (Fsp3) is 0.500. The van der Waals surface area contributed by atoms with Crippen molar-refractivity contribution in [3.8, 4) is 0 Å². The second-order valence-corrected chi connectivity index (χ2v) is 3.65. The molecule has 2 rings (SSSR count). The molecule has 2 aromatic heterocycles. The molecule has 0 radical (unpaired) electrons. The van der Waals surface area contributed by atoms with Crippen LogP contribution in [0.15, 0.2) is 12.7 Å². The van der Waals surface area contributed by atoms with E-state index in [1.165, 1.54) is 6.33 Å². The van der Waals surface area contributed by atoms with Crippen LogP contribution in [0.3, 0.4) is 0 Å². The van der Waals surface area contributed by atoms with Crippen molar-refractivity contribution in [2.75, 3.05) is 11.9 Å². The van der Waals surface area contributed by atoms with Gasteiger partial charge in [0.2, 0.25) is 0 Å². The predicted molar refractivity (Wildman–Crippen MR) is 63.1 cm³/mol. The maximum atomic E-state index is 5.56. The zero-order valence-electron chi connectivity index (χ0n) is 9.27. The number of rotatable bonds is 5. The largest absolute Gasteiger partial charge is 0.365 e. The molecular weight excluding hydrogens is 204 g/mol. The predicted octanol–water partition coefficient (Wildman–Crippen LogP) is 0.892. The van der Waals surface area contributed by atoms with Crippen LogP contribution in [0.4, 0.5) is 5.82 Å². The van der Waals surface area contributed by atoms with E-state index in [1.54, 1.807) is 6.33 Å². The number of hydrogen-bond acceptors (Lipinski definition) is 5. The summed E-state index contributed by atoms with van der Waals surface area (Å²) in [5.41, 5.74) is 7.08. The third-order valence-corrected chi connectivity index (χ3v) is 2.57. The van der Waals surface area contributed by atoms with Crippen LogP contribution in [0, 0.1) is 0 Å². The number of nitrogens with two attached hydrogens (primary N) is 1. The molecule has 2 aromatic rings. The summed E-state index contributed by atoms with van der Waals surface area (Å²) in [6, 6.07) is 0.339. The van der Waals surface area contributed by atoms with Gasteiger partial charge in [0, 0.05) is 6.04 Å². The molecule has 2 heterocycles. The van der Waals surface area contributed by atoms with Gasteiger partial charge in [-0.05, 0) is 19.4 Å². The number of nitrogens with one attached hydrogen (secondary N) is 2. The number of hydrogen-bond donors (Lipinski definition) is 3. The average Bonchev–Trinajstić information content (AvgIpc) is 2.77. The van der Waals surface area contributed by atoms with Crippen LogP contribution in [-0.4, -0.2) is 32.5 Å². The van der Waals surface area contributed by atoms with Crippen molar-refractivity contribution in [1.29, 1.82) is 0 Å². The van der Waals surface area contributed by atoms with Crippen molar-refractivity contribution in [3.63, 3.8) is 0 Å². The lowest BCUT2D eigenvalue weighted by Gasteiger charge is -2.16. The van der Waals surface area contributed by atoms with Crippen LogP contribution in [0.25, 0.3) is 11.2 Å². The zero-order chi connectivity index (χ0) is 11.4. The van der Waals surface area contributed by atoms with Crippen LogP contribution in [0.2, 0.25) is 0 Å². The Balaban J connectivity index is 2.22. The average molecular weight is 220 g/mol. The van der Waals surface area contributed by atoms with E-state index < -0.39 is 0 Å². The van der Waals surface area contributed by atoms with Crippen LogP contribution in [-0.2, 0) is 0 Å². The Bertz CT molecular complexity index is 451. The smallest absolute Gasteiger partial charge is 0.182 e. The first-order chi connectivity index (χ1) is 7.85. The summed E-state index contributed by atoms with van der Waals surface area (Å²) in [6.07, 6.45) is 5.07. The minimum atomic E-state index is 0.339. The second kappa shape index (κ2) is 4.89. The standard InChI is InChI=1S/C10H16N6/c1-2-7(3-4-11)16-10-8-9(13-5-12-8)14-6-15-10/h5-7H,2-4,11H2,1H3,(H2,12,13,14,15,16). The molecule has 1 atom stereocenters. The number of nitrogens with zero attached hydrogens (tertiary/aromatic N) is 3. The van der Waals surface area contributed by atoms with E-state index in [2.05, 4.69) is 32.2 Å². The number of anilines is 1. The molecule has 6 heteroatoms. The van der Waals surface area contributed by atoms with Gasteiger partial charge in [0.1, 0.15) is 11.8 Å². The van der Waals surface area contributed by atoms with Gasteiger partial charge in [0.05, 0.1) is 6.33 Å². The third kappa shape index (κ3) is 2.11. The number of H-pyrrole nitrogens is 1. The molecule has 16 heavy (non-hydrogen) atoms. The van der Waals surface area contributed by atoms with E-state index in [-0.39, 0.29) is 0 Å². The maximum Gasteiger partial charge on any atom is 0.182 e. The molecule has 0 bridgehead atoms. The van der Waals surface area contributed by atoms with Crippen LogP contribution >= 0.6 is 0 Å². The van der Waals surface area contributed by atoms with Gasteiger partial charge in [-0.25, -0.2) is 15.0 Å². The number of aromatic nitrogens is 4. The van der Waals surface area contributed by atoms with Crippen LogP contribution in [0.5, 0.6) is 0 Å². The maximum absolute atomic E-state index is 5.56. The second-order valence-electron chi connectivity index (χ2n) is 3.65. The molecule has 6 nitrogen and oxygen atoms in total. The Morgan fingerprint density at radius 2 is 2.31 bits per heavy atom. The molecule has 0 aliphatic rings. The van der Waals surface area contributed by atoms with Crippen molar-refractivity contribution >= 4 is 17.0 Å². The molecule has 4 N–H and O–H groups in total. The molecule has 1 unspecified atom stereocenters. The fourth-order valence-electron chi connectivity index (χ4n) is 1.65. The van der Waals surface area contributed by atoms with Crippen LogP contribution in [0.1, 0.15) is 19.8 Å². The van der Waals surface area contributed by atoms with Crippen LogP contribution < -0.4 is 11.1 Å². The molecule has 0 amide bonds. The summed E-state index contributed by atoms with van der Waals surface area (Å²) in [6.45, 7) is 2.79. The first-order valence-corrected chi connectivity index (χ1v) is 5.45. The summed E-state index contributed by atoms with van der Waals surface area (Å²) in [5.74, 6) is 0.794. The Morgan fingerprint density at radius 3 is 3.06 bits per heavy atom. The molecule has 0 aliphatic heterocycles. The molecule has 86 valence electrons. The van der Waals surface area contributed by atoms with Gasteiger partial charge < -0.3 is 16.0 Å². The van der Waals surface area contributed by atoms with Crippen molar-refractivity contribution in [2.45, 2.75) is 25.8 Å². The number of fused-ring (bicyclic) bond motifs is 1. The van der Waals surface area contributed by atoms with Crippen molar-refractivity contribution in [1.82, 2.24) is 19.9 Å². The lowest BCUT2D eigenvalue weighted by atomic mass is 10.1. The monoisotopic (exact) mass is 220 g/mol. The number of aromatic amines is 1. The van der Waals surface area contributed by atoms with Gasteiger partial charge >= 0.3 is 0 Å². The highest BCUT2D eigenvalue weighted by Gasteiger charge is 2.10. The van der Waals surface area contributed by atoms with Gasteiger partial charge in [-0.1, -0.05) is 6.92 Å². The van der Waals surface area contributed by atoms with Gasteiger partial charge in [-0.3, -0.25) is 0 Å². The summed E-state index contributed by atoms with van der Waals surface area (Å²) >= 11 is 0. The van der Waals surface area contributed by atoms with Crippen molar-refractivity contribution in [3.05, 3.63) is 12.7 Å². The van der Waals surface area contributed by atoms with Gasteiger partial charge in [-0.15, -0.1) is 0 Å². The normalized spacial score (nSPS) is 12.9. The molecule has 0 fully saturated rings. The zero-order valence-corrected chi connectivity index (χ0v) is 9.27. The first kappa shape index (κ1) is 10.8. The molecular formula is C10H16N6. The SMILES string of the molecule is CCC(CCN)Nc1ncnc2nc[nH]c12. The Labute approximate surface area is 93.7 Å². The molecule has 0 saturated heterocycles. The van der Waals surface area contributed by atoms with E-state index in [0.29, 0.717) is 18.2 Å². The minimum Gasteiger partial charge on any atom is -0.365 e. The third-order valence-electron chi connectivity index (χ3n) is 2.57. The topological polar surface area (TPSA) is 92.5 Å². The van der Waals surface area contributed by atoms with Gasteiger partial charge in [0.25, 0.3) is 0 Å². The Kier molecular flexibility index (Phi) is 3.31. The minimum absolute atomic E-state index is 0.339. The van der Waals surface area contributed by atoms with Crippen molar-refractivity contribution in [2.24, 2.45) is 5.73 Å². The highest BCUT2D eigenvalue weighted by atomic mass is 15.1. The summed E-state index contributed by atoms with van der Waals surface area (Å²) < 4.78 is 0. The highest BCUT2D eigenvalue weighted by molar-refractivity contribution is 5.81. The quantitative estimate of drug-likeness (QED) is 0.696. The molecule has 0 saturated carbocycles. The van der Waals surface area contributed by atoms with E-state index in [9.17, 15) is 0 Å². The Morgan fingerprint density at radius 1 is 1.44 bits per heavy atom. The lowest BCUT2D eigenvalue weighted by Crippen LogP contribution is -2.23. The van der Waals surface area contributed by atoms with E-state index in [4.69, 9.17) is 5.73 Å². The van der Waals surface area contributed by atoms with Gasteiger partial charge in [0.15, 0.2) is 11.5 Å². The summed E-state index contributed by atoms with van der Waals surface area (Å²) in [7, 11) is 0. The number of imidazole rings is 1. The fourth-order valence-corrected chi connectivity index (χ4v) is 1.65. The lowest BCUT2D eigenvalue weighted by molar-refractivity contribution is 0.640. The summed E-state index contributed by atoms with van der Waals surface area (Å²) in [4.78, 5) is 15.4. The molecule has 0 aliphatic carbocycles. The van der Waals surface area contributed by atoms with E-state index in [1.807, 2.05) is 0 Å². The van der Waals surface area contributed by atoms with Gasteiger partial charge in [-0.2, -0.15) is 0 Å². The molecule has 0 aromatic carbocycles. The van der Waals surface area contributed by atoms with E-state index >= 15 is 0 Å². The molecule has 0 spiro atoms. The van der Waals surface area contributed by atoms with E-state index in [0.717, 1.165) is 24.2 Å². The summed E-state index contributed by atoms with van der Waals surface area (Å²) in [5, 5.41) is 3.36.